The summed E-state index contributed by atoms with van der Waals surface area (Å²) in [7, 11) is 3.13. The Hall–Kier alpha value is -1.85. The summed E-state index contributed by atoms with van der Waals surface area (Å²) in [5.41, 5.74) is 0. The first-order chi connectivity index (χ1) is 6.28. The molecule has 6 heteroatoms. The number of aromatic amines is 1. The van der Waals surface area contributed by atoms with Gasteiger partial charge in [0.05, 0.1) is 14.2 Å². The number of hydrogen-bond donors (Lipinski definition) is 0. The molecule has 0 unspecified atom stereocenters. The van der Waals surface area contributed by atoms with Crippen molar-refractivity contribution in [1.82, 2.24) is 4.98 Å². The van der Waals surface area contributed by atoms with Crippen LogP contribution in [0.2, 0.25) is 0 Å². The summed E-state index contributed by atoms with van der Waals surface area (Å²) in [6, 6.07) is 1.67. The minimum absolute atomic E-state index is 0.500. The SMILES string of the molecule is COc1cc(OC)[nH+]cn1.O=C[O-]. The smallest absolute Gasteiger partial charge is 0.335 e. The Labute approximate surface area is 75.2 Å². The minimum Gasteiger partial charge on any atom is -0.554 e. The van der Waals surface area contributed by atoms with E-state index in [1.807, 2.05) is 0 Å². The number of ether oxygens (including phenoxy) is 2. The predicted octanol–water partition coefficient (Wildman–Crippen LogP) is -1.72. The summed E-state index contributed by atoms with van der Waals surface area (Å²) >= 11 is 0. The van der Waals surface area contributed by atoms with Crippen molar-refractivity contribution in [2.75, 3.05) is 14.2 Å². The quantitative estimate of drug-likeness (QED) is 0.513. The van der Waals surface area contributed by atoms with E-state index in [0.29, 0.717) is 11.8 Å². The average Bonchev–Trinajstić information content (AvgIpc) is 2.19. The van der Waals surface area contributed by atoms with Crippen LogP contribution in [-0.4, -0.2) is 25.7 Å². The second-order valence-electron chi connectivity index (χ2n) is 1.75. The van der Waals surface area contributed by atoms with Gasteiger partial charge < -0.3 is 19.4 Å². The molecule has 0 aliphatic rings. The monoisotopic (exact) mass is 186 g/mol. The Morgan fingerprint density at radius 2 is 2.15 bits per heavy atom. The highest BCUT2D eigenvalue weighted by atomic mass is 16.5. The largest absolute Gasteiger partial charge is 0.554 e. The van der Waals surface area contributed by atoms with E-state index in [-0.39, 0.29) is 0 Å². The molecule has 0 radical (unpaired) electrons. The van der Waals surface area contributed by atoms with Crippen LogP contribution < -0.4 is 19.6 Å². The van der Waals surface area contributed by atoms with Crippen LogP contribution in [0.25, 0.3) is 0 Å². The molecule has 1 aromatic heterocycles. The Balaban J connectivity index is 0.000000424. The first-order valence-corrected chi connectivity index (χ1v) is 3.29. The van der Waals surface area contributed by atoms with Gasteiger partial charge in [-0.05, 0) is 4.98 Å². The minimum atomic E-state index is -0.500. The molecule has 0 atom stereocenters. The van der Waals surface area contributed by atoms with Crippen LogP contribution in [0.3, 0.4) is 0 Å². The predicted molar refractivity (Wildman–Crippen MR) is 40.0 cm³/mol. The molecule has 1 rings (SSSR count). The highest BCUT2D eigenvalue weighted by molar-refractivity contribution is 5.29. The zero-order chi connectivity index (χ0) is 10.1. The normalized spacial score (nSPS) is 7.85. The lowest BCUT2D eigenvalue weighted by Gasteiger charge is -1.93. The van der Waals surface area contributed by atoms with Crippen LogP contribution in [0, 0.1) is 0 Å². The van der Waals surface area contributed by atoms with Crippen LogP contribution >= 0.6 is 0 Å². The van der Waals surface area contributed by atoms with Gasteiger partial charge in [0.15, 0.2) is 0 Å². The number of carboxylic acid groups (broad SMARTS) is 1. The molecule has 1 N–H and O–H groups in total. The lowest BCUT2D eigenvalue weighted by Crippen LogP contribution is -2.07. The van der Waals surface area contributed by atoms with E-state index in [1.165, 1.54) is 6.33 Å². The van der Waals surface area contributed by atoms with Gasteiger partial charge in [-0.15, -0.1) is 0 Å². The van der Waals surface area contributed by atoms with Crippen molar-refractivity contribution >= 4 is 6.47 Å². The summed E-state index contributed by atoms with van der Waals surface area (Å²) in [6.45, 7) is -0.500. The summed E-state index contributed by atoms with van der Waals surface area (Å²) in [4.78, 5) is 14.9. The standard InChI is InChI=1S/C6H8N2O2.CH2O2/c1-9-5-3-6(10-2)8-4-7-5;2-1-3/h3-4H,1-2H3;1H,(H,2,3). The maximum atomic E-state index is 8.25. The number of H-pyrrole nitrogens is 1. The van der Waals surface area contributed by atoms with E-state index in [4.69, 9.17) is 19.4 Å². The third-order valence-electron chi connectivity index (χ3n) is 1.08. The Morgan fingerprint density at radius 1 is 1.54 bits per heavy atom. The molecular formula is C7H10N2O4. The topological polar surface area (TPSA) is 85.6 Å². The molecule has 0 saturated carbocycles. The number of carbonyl (C=O) groups is 1. The molecule has 1 aromatic rings. The van der Waals surface area contributed by atoms with E-state index in [9.17, 15) is 0 Å². The van der Waals surface area contributed by atoms with Gasteiger partial charge in [0, 0.05) is 6.47 Å². The number of methoxy groups -OCH3 is 2. The van der Waals surface area contributed by atoms with Crippen LogP contribution in [0.4, 0.5) is 0 Å². The van der Waals surface area contributed by atoms with Gasteiger partial charge in [-0.3, -0.25) is 0 Å². The fourth-order valence-electron chi connectivity index (χ4n) is 0.580. The number of hydrogen-bond acceptors (Lipinski definition) is 5. The maximum Gasteiger partial charge on any atom is 0.335 e. The average molecular weight is 186 g/mol. The molecule has 13 heavy (non-hydrogen) atoms. The molecule has 0 aromatic carbocycles. The van der Waals surface area contributed by atoms with Crippen LogP contribution in [-0.2, 0) is 4.79 Å². The molecule has 0 aliphatic carbocycles. The third-order valence-corrected chi connectivity index (χ3v) is 1.08. The molecule has 1 heterocycles. The number of nitrogens with one attached hydrogen (secondary N) is 1. The van der Waals surface area contributed by atoms with Crippen molar-refractivity contribution in [3.8, 4) is 11.8 Å². The molecule has 0 bridgehead atoms. The lowest BCUT2D eigenvalue weighted by atomic mass is 10.6. The van der Waals surface area contributed by atoms with E-state index in [0.717, 1.165) is 0 Å². The summed E-state index contributed by atoms with van der Waals surface area (Å²) in [5, 5.41) is 8.25. The van der Waals surface area contributed by atoms with Gasteiger partial charge >= 0.3 is 5.88 Å². The third kappa shape index (κ3) is 4.57. The van der Waals surface area contributed by atoms with Gasteiger partial charge in [0.25, 0.3) is 12.2 Å². The van der Waals surface area contributed by atoms with Crippen LogP contribution in [0.5, 0.6) is 11.8 Å². The fraction of sp³-hybridized carbons (Fsp3) is 0.286. The molecule has 6 nitrogen and oxygen atoms in total. The van der Waals surface area contributed by atoms with Crippen LogP contribution in [0.1, 0.15) is 0 Å². The lowest BCUT2D eigenvalue weighted by molar-refractivity contribution is -0.397. The van der Waals surface area contributed by atoms with Crippen molar-refractivity contribution in [2.24, 2.45) is 0 Å². The molecule has 0 fully saturated rings. The number of nitrogens with zero attached hydrogens (tertiary/aromatic N) is 1. The first-order valence-electron chi connectivity index (χ1n) is 3.29. The van der Waals surface area contributed by atoms with E-state index in [2.05, 4.69) is 9.97 Å². The zero-order valence-electron chi connectivity index (χ0n) is 7.31. The summed E-state index contributed by atoms with van der Waals surface area (Å²) in [5.74, 6) is 1.17. The second kappa shape index (κ2) is 6.84. The molecule has 0 aliphatic heterocycles. The van der Waals surface area contributed by atoms with Gasteiger partial charge in [-0.1, -0.05) is 0 Å². The van der Waals surface area contributed by atoms with E-state index < -0.39 is 6.47 Å². The van der Waals surface area contributed by atoms with Gasteiger partial charge in [0.2, 0.25) is 0 Å². The number of aromatic nitrogens is 2. The molecule has 0 amide bonds. The zero-order valence-corrected chi connectivity index (χ0v) is 7.31. The van der Waals surface area contributed by atoms with E-state index >= 15 is 0 Å². The Kier molecular flexibility index (Phi) is 5.86. The summed E-state index contributed by atoms with van der Waals surface area (Å²) in [6.07, 6.45) is 1.51. The van der Waals surface area contributed by atoms with E-state index in [1.54, 1.807) is 20.3 Å². The molecular weight excluding hydrogens is 176 g/mol. The highest BCUT2D eigenvalue weighted by Crippen LogP contribution is 2.07. The van der Waals surface area contributed by atoms with Crippen molar-refractivity contribution in [3.63, 3.8) is 0 Å². The maximum absolute atomic E-state index is 8.25. The number of carbonyl (C=O) groups excluding carboxylic acids is 1. The van der Waals surface area contributed by atoms with Crippen molar-refractivity contribution in [2.45, 2.75) is 0 Å². The van der Waals surface area contributed by atoms with Gasteiger partial charge in [0.1, 0.15) is 6.07 Å². The Morgan fingerprint density at radius 3 is 2.62 bits per heavy atom. The highest BCUT2D eigenvalue weighted by Gasteiger charge is 2.02. The van der Waals surface area contributed by atoms with Gasteiger partial charge in [-0.25, -0.2) is 4.98 Å². The molecule has 72 valence electrons. The second-order valence-corrected chi connectivity index (χ2v) is 1.75. The van der Waals surface area contributed by atoms with Crippen LogP contribution in [0.15, 0.2) is 12.4 Å². The van der Waals surface area contributed by atoms with Crippen molar-refractivity contribution < 1.29 is 24.4 Å². The van der Waals surface area contributed by atoms with Gasteiger partial charge in [-0.2, -0.15) is 0 Å². The van der Waals surface area contributed by atoms with Crippen molar-refractivity contribution in [3.05, 3.63) is 12.4 Å². The Bertz CT molecular complexity index is 235. The molecule has 0 saturated heterocycles. The first kappa shape index (κ1) is 11.2. The summed E-state index contributed by atoms with van der Waals surface area (Å²) < 4.78 is 9.73. The fourth-order valence-corrected chi connectivity index (χ4v) is 0.580. The van der Waals surface area contributed by atoms with Crippen molar-refractivity contribution in [1.29, 1.82) is 0 Å². The number of rotatable bonds is 2. The molecule has 0 spiro atoms.